The first-order valence-corrected chi connectivity index (χ1v) is 8.98. The molecular weight excluding hydrogens is 384 g/mol. The number of nitrogens with one attached hydrogen (secondary N) is 1. The predicted octanol–water partition coefficient (Wildman–Crippen LogP) is -0.407. The minimum absolute atomic E-state index is 0.0531. The van der Waals surface area contributed by atoms with Crippen molar-refractivity contribution in [1.29, 1.82) is 0 Å². The summed E-state index contributed by atoms with van der Waals surface area (Å²) in [5.74, 6) is -1.90. The molecule has 0 amide bonds. The maximum Gasteiger partial charge on any atom is 0.319 e. The summed E-state index contributed by atoms with van der Waals surface area (Å²) in [7, 11) is 3.80. The molecule has 10 nitrogen and oxygen atoms in total. The molecule has 162 valence electrons. The SMILES string of the molecule is COC(=O)CNCCc1ccc(CCN(CC(=O)OC)CC(=O)OC)c(O)c1O. The van der Waals surface area contributed by atoms with E-state index < -0.39 is 17.9 Å². The number of esters is 3. The van der Waals surface area contributed by atoms with Gasteiger partial charge in [-0.3, -0.25) is 19.3 Å². The van der Waals surface area contributed by atoms with Crippen molar-refractivity contribution in [2.75, 3.05) is 54.1 Å². The van der Waals surface area contributed by atoms with Crippen LogP contribution in [-0.2, 0) is 41.4 Å². The van der Waals surface area contributed by atoms with Crippen molar-refractivity contribution in [2.24, 2.45) is 0 Å². The summed E-state index contributed by atoms with van der Waals surface area (Å²) in [5, 5.41) is 23.4. The van der Waals surface area contributed by atoms with E-state index in [1.54, 1.807) is 12.1 Å². The number of carbonyl (C=O) groups excluding carboxylic acids is 3. The molecule has 0 aliphatic carbocycles. The van der Waals surface area contributed by atoms with Crippen molar-refractivity contribution < 1.29 is 38.8 Å². The Kier molecular flexibility index (Phi) is 10.5. The van der Waals surface area contributed by atoms with E-state index in [0.29, 0.717) is 24.1 Å². The van der Waals surface area contributed by atoms with Crippen LogP contribution in [0.4, 0.5) is 0 Å². The van der Waals surface area contributed by atoms with Gasteiger partial charge in [-0.25, -0.2) is 0 Å². The summed E-state index contributed by atoms with van der Waals surface area (Å²) in [6.07, 6.45) is 0.682. The van der Waals surface area contributed by atoms with Gasteiger partial charge in [-0.1, -0.05) is 12.1 Å². The highest BCUT2D eigenvalue weighted by Crippen LogP contribution is 2.33. The zero-order chi connectivity index (χ0) is 21.8. The number of hydrogen-bond donors (Lipinski definition) is 3. The second-order valence-corrected chi connectivity index (χ2v) is 6.20. The Morgan fingerprint density at radius 2 is 1.34 bits per heavy atom. The zero-order valence-corrected chi connectivity index (χ0v) is 16.9. The van der Waals surface area contributed by atoms with Crippen molar-refractivity contribution in [3.05, 3.63) is 23.3 Å². The van der Waals surface area contributed by atoms with Gasteiger partial charge in [0.25, 0.3) is 0 Å². The molecule has 0 bridgehead atoms. The van der Waals surface area contributed by atoms with E-state index in [1.807, 2.05) is 0 Å². The standard InChI is InChI=1S/C19H28N2O8/c1-27-15(22)10-20-8-6-13-4-5-14(19(26)18(13)25)7-9-21(11-16(23)28-2)12-17(24)29-3/h4-5,20,25-26H,6-12H2,1-3H3. The lowest BCUT2D eigenvalue weighted by molar-refractivity contribution is -0.145. The molecule has 0 fully saturated rings. The van der Waals surface area contributed by atoms with Gasteiger partial charge in [0.15, 0.2) is 11.5 Å². The van der Waals surface area contributed by atoms with E-state index in [9.17, 15) is 24.6 Å². The third-order valence-corrected chi connectivity index (χ3v) is 4.24. The maximum absolute atomic E-state index is 11.5. The number of benzene rings is 1. The van der Waals surface area contributed by atoms with Crippen LogP contribution in [0.5, 0.6) is 11.5 Å². The number of phenols is 2. The number of methoxy groups -OCH3 is 3. The zero-order valence-electron chi connectivity index (χ0n) is 16.9. The summed E-state index contributed by atoms with van der Waals surface area (Å²) in [5.41, 5.74) is 0.984. The number of ether oxygens (including phenoxy) is 3. The lowest BCUT2D eigenvalue weighted by Crippen LogP contribution is -2.37. The normalized spacial score (nSPS) is 10.6. The van der Waals surface area contributed by atoms with Crippen molar-refractivity contribution in [1.82, 2.24) is 10.2 Å². The molecular formula is C19H28N2O8. The van der Waals surface area contributed by atoms with Crippen LogP contribution in [0.1, 0.15) is 11.1 Å². The van der Waals surface area contributed by atoms with Crippen molar-refractivity contribution in [3.8, 4) is 11.5 Å². The predicted molar refractivity (Wildman–Crippen MR) is 103 cm³/mol. The van der Waals surface area contributed by atoms with Gasteiger partial charge in [0, 0.05) is 6.54 Å². The third kappa shape index (κ3) is 8.36. The van der Waals surface area contributed by atoms with Crippen LogP contribution < -0.4 is 5.32 Å². The minimum atomic E-state index is -0.504. The average Bonchev–Trinajstić information content (AvgIpc) is 2.72. The van der Waals surface area contributed by atoms with Gasteiger partial charge in [-0.15, -0.1) is 0 Å². The van der Waals surface area contributed by atoms with Crippen LogP contribution in [-0.4, -0.2) is 87.1 Å². The molecule has 29 heavy (non-hydrogen) atoms. The number of aromatic hydroxyl groups is 2. The second kappa shape index (κ2) is 12.6. The van der Waals surface area contributed by atoms with Crippen LogP contribution in [0.25, 0.3) is 0 Å². The highest BCUT2D eigenvalue weighted by molar-refractivity contribution is 5.74. The smallest absolute Gasteiger partial charge is 0.319 e. The van der Waals surface area contributed by atoms with Gasteiger partial charge >= 0.3 is 17.9 Å². The molecule has 10 heteroatoms. The fourth-order valence-electron chi connectivity index (χ4n) is 2.54. The Hall–Kier alpha value is -2.85. The lowest BCUT2D eigenvalue weighted by atomic mass is 10.0. The summed E-state index contributed by atoms with van der Waals surface area (Å²) in [6, 6.07) is 3.34. The summed E-state index contributed by atoms with van der Waals surface area (Å²) in [4.78, 5) is 35.6. The second-order valence-electron chi connectivity index (χ2n) is 6.20. The molecule has 0 aliphatic rings. The van der Waals surface area contributed by atoms with Crippen LogP contribution in [0, 0.1) is 0 Å². The molecule has 0 saturated carbocycles. The molecule has 1 rings (SSSR count). The van der Waals surface area contributed by atoms with Gasteiger partial charge < -0.3 is 29.7 Å². The van der Waals surface area contributed by atoms with Gasteiger partial charge in [-0.05, 0) is 30.5 Å². The summed E-state index contributed by atoms with van der Waals surface area (Å²) in [6.45, 7) is 0.507. The Morgan fingerprint density at radius 3 is 1.83 bits per heavy atom. The molecule has 0 heterocycles. The fourth-order valence-corrected chi connectivity index (χ4v) is 2.54. The maximum atomic E-state index is 11.5. The van der Waals surface area contributed by atoms with E-state index in [1.165, 1.54) is 26.2 Å². The summed E-state index contributed by atoms with van der Waals surface area (Å²) < 4.78 is 13.8. The molecule has 1 aromatic rings. The molecule has 0 spiro atoms. The third-order valence-electron chi connectivity index (χ3n) is 4.24. The van der Waals surface area contributed by atoms with E-state index in [-0.39, 0.29) is 44.1 Å². The largest absolute Gasteiger partial charge is 0.504 e. The molecule has 0 atom stereocenters. The average molecular weight is 412 g/mol. The summed E-state index contributed by atoms with van der Waals surface area (Å²) >= 11 is 0. The van der Waals surface area contributed by atoms with E-state index >= 15 is 0 Å². The molecule has 0 saturated heterocycles. The number of nitrogens with zero attached hydrogens (tertiary/aromatic N) is 1. The quantitative estimate of drug-likeness (QED) is 0.180. The first kappa shape index (κ1) is 24.2. The van der Waals surface area contributed by atoms with Crippen molar-refractivity contribution in [3.63, 3.8) is 0 Å². The number of rotatable bonds is 12. The first-order chi connectivity index (χ1) is 13.8. The van der Waals surface area contributed by atoms with Gasteiger partial charge in [0.2, 0.25) is 0 Å². The molecule has 0 aliphatic heterocycles. The molecule has 0 unspecified atom stereocenters. The number of phenolic OH excluding ortho intramolecular Hbond substituents is 2. The number of hydrogen-bond acceptors (Lipinski definition) is 10. The van der Waals surface area contributed by atoms with Gasteiger partial charge in [0.1, 0.15) is 0 Å². The Labute approximate surface area is 169 Å². The van der Waals surface area contributed by atoms with Gasteiger partial charge in [-0.2, -0.15) is 0 Å². The molecule has 0 radical (unpaired) electrons. The van der Waals surface area contributed by atoms with Crippen molar-refractivity contribution >= 4 is 17.9 Å². The monoisotopic (exact) mass is 412 g/mol. The topological polar surface area (TPSA) is 135 Å². The Morgan fingerprint density at radius 1 is 0.862 bits per heavy atom. The number of carbonyl (C=O) groups is 3. The van der Waals surface area contributed by atoms with E-state index in [2.05, 4.69) is 19.5 Å². The molecule has 1 aromatic carbocycles. The van der Waals surface area contributed by atoms with Crippen LogP contribution in [0.15, 0.2) is 12.1 Å². The van der Waals surface area contributed by atoms with Crippen molar-refractivity contribution in [2.45, 2.75) is 12.8 Å². The molecule has 3 N–H and O–H groups in total. The van der Waals surface area contributed by atoms with E-state index in [0.717, 1.165) is 0 Å². The van der Waals surface area contributed by atoms with E-state index in [4.69, 9.17) is 0 Å². The van der Waals surface area contributed by atoms with Crippen LogP contribution in [0.2, 0.25) is 0 Å². The minimum Gasteiger partial charge on any atom is -0.504 e. The fraction of sp³-hybridized carbons (Fsp3) is 0.526. The van der Waals surface area contributed by atoms with Gasteiger partial charge in [0.05, 0.1) is 41.0 Å². The Bertz CT molecular complexity index is 690. The van der Waals surface area contributed by atoms with Crippen LogP contribution in [0.3, 0.4) is 0 Å². The molecule has 0 aromatic heterocycles. The highest BCUT2D eigenvalue weighted by Gasteiger charge is 2.17. The Balaban J connectivity index is 2.70. The first-order valence-electron chi connectivity index (χ1n) is 8.98. The van der Waals surface area contributed by atoms with Crippen LogP contribution >= 0.6 is 0 Å². The lowest BCUT2D eigenvalue weighted by Gasteiger charge is -2.20. The highest BCUT2D eigenvalue weighted by atomic mass is 16.5.